The maximum Gasteiger partial charge on any atom is 0.303 e. The molecule has 1 aromatic heterocycles. The molecule has 1 amide bonds. The van der Waals surface area contributed by atoms with E-state index in [0.29, 0.717) is 12.1 Å². The van der Waals surface area contributed by atoms with Gasteiger partial charge in [0.25, 0.3) is 0 Å². The van der Waals surface area contributed by atoms with Crippen LogP contribution < -0.4 is 10.2 Å². The van der Waals surface area contributed by atoms with Gasteiger partial charge < -0.3 is 29.9 Å². The minimum Gasteiger partial charge on any atom is -0.481 e. The van der Waals surface area contributed by atoms with Crippen LogP contribution >= 0.6 is 0 Å². The molecule has 3 heterocycles. The van der Waals surface area contributed by atoms with Crippen molar-refractivity contribution < 1.29 is 29.3 Å². The predicted octanol–water partition coefficient (Wildman–Crippen LogP) is 3.53. The standard InChI is InChI=1S/C31H37N5O6/c37-21-22-8-10-23(11-9-22)27-19-26(20-35-14-16-36(17-15-35)31-32-12-3-13-33-31)41-30(42-27)24-4-1-5-25(18-24)34-28(38)6-2-7-29(39)40/h1,3-5,8-13,18,26-27,30,37H,2,6-7,14-17,19-21H2,(H,34,38)(H,39,40). The van der Waals surface area contributed by atoms with Crippen LogP contribution in [0.15, 0.2) is 67.0 Å². The molecule has 2 saturated heterocycles. The number of piperazine rings is 1. The van der Waals surface area contributed by atoms with Gasteiger partial charge in [-0.15, -0.1) is 0 Å². The van der Waals surface area contributed by atoms with Gasteiger partial charge in [-0.1, -0.05) is 36.4 Å². The Labute approximate surface area is 245 Å². The van der Waals surface area contributed by atoms with Crippen molar-refractivity contribution >= 4 is 23.5 Å². The summed E-state index contributed by atoms with van der Waals surface area (Å²) in [5.41, 5.74) is 3.24. The largest absolute Gasteiger partial charge is 0.481 e. The Hall–Kier alpha value is -3.90. The number of benzene rings is 2. The van der Waals surface area contributed by atoms with Crippen LogP contribution in [0.2, 0.25) is 0 Å². The number of hydrogen-bond acceptors (Lipinski definition) is 9. The third kappa shape index (κ3) is 8.10. The van der Waals surface area contributed by atoms with Crippen LogP contribution in [0.4, 0.5) is 11.6 Å². The number of aliphatic carboxylic acids is 1. The van der Waals surface area contributed by atoms with Crippen molar-refractivity contribution in [3.05, 3.63) is 83.7 Å². The molecule has 5 rings (SSSR count). The van der Waals surface area contributed by atoms with Gasteiger partial charge in [-0.25, -0.2) is 9.97 Å². The molecular weight excluding hydrogens is 538 g/mol. The smallest absolute Gasteiger partial charge is 0.303 e. The first kappa shape index (κ1) is 29.6. The van der Waals surface area contributed by atoms with E-state index < -0.39 is 12.3 Å². The molecule has 0 spiro atoms. The van der Waals surface area contributed by atoms with E-state index >= 15 is 0 Å². The summed E-state index contributed by atoms with van der Waals surface area (Å²) in [5, 5.41) is 21.2. The Balaban J connectivity index is 1.26. The maximum absolute atomic E-state index is 12.4. The van der Waals surface area contributed by atoms with Gasteiger partial charge in [0.15, 0.2) is 6.29 Å². The van der Waals surface area contributed by atoms with E-state index in [2.05, 4.69) is 25.1 Å². The first-order valence-corrected chi connectivity index (χ1v) is 14.3. The summed E-state index contributed by atoms with van der Waals surface area (Å²) < 4.78 is 13.0. The lowest BCUT2D eigenvalue weighted by Crippen LogP contribution is -2.50. The number of aliphatic hydroxyl groups is 1. The van der Waals surface area contributed by atoms with Crippen LogP contribution in [0.3, 0.4) is 0 Å². The molecule has 42 heavy (non-hydrogen) atoms. The molecule has 3 atom stereocenters. The summed E-state index contributed by atoms with van der Waals surface area (Å²) in [4.78, 5) is 36.5. The van der Waals surface area contributed by atoms with E-state index in [1.54, 1.807) is 18.5 Å². The first-order chi connectivity index (χ1) is 20.5. The van der Waals surface area contributed by atoms with Gasteiger partial charge >= 0.3 is 5.97 Å². The molecule has 11 nitrogen and oxygen atoms in total. The molecule has 11 heteroatoms. The van der Waals surface area contributed by atoms with Crippen LogP contribution in [-0.4, -0.2) is 75.8 Å². The molecule has 0 aliphatic carbocycles. The molecule has 2 fully saturated rings. The number of carboxylic acid groups (broad SMARTS) is 1. The van der Waals surface area contributed by atoms with E-state index in [9.17, 15) is 14.7 Å². The van der Waals surface area contributed by atoms with Gasteiger partial charge in [-0.2, -0.15) is 0 Å². The van der Waals surface area contributed by atoms with E-state index in [-0.39, 0.29) is 44.0 Å². The summed E-state index contributed by atoms with van der Waals surface area (Å²) >= 11 is 0. The van der Waals surface area contributed by atoms with Crippen LogP contribution in [-0.2, 0) is 25.7 Å². The lowest BCUT2D eigenvalue weighted by molar-refractivity contribution is -0.253. The quantitative estimate of drug-likeness (QED) is 0.311. The van der Waals surface area contributed by atoms with Crippen molar-refractivity contribution in [3.8, 4) is 0 Å². The van der Waals surface area contributed by atoms with E-state index in [0.717, 1.165) is 55.4 Å². The number of aliphatic hydroxyl groups excluding tert-OH is 1. The summed E-state index contributed by atoms with van der Waals surface area (Å²) in [7, 11) is 0. The zero-order chi connectivity index (χ0) is 29.3. The van der Waals surface area contributed by atoms with Gasteiger partial charge in [-0.3, -0.25) is 14.5 Å². The Morgan fingerprint density at radius 1 is 0.929 bits per heavy atom. The Bertz CT molecular complexity index is 1320. The topological polar surface area (TPSA) is 137 Å². The van der Waals surface area contributed by atoms with Crippen LogP contribution in [0.5, 0.6) is 0 Å². The molecule has 3 aromatic rings. The average molecular weight is 576 g/mol. The third-order valence-electron chi connectivity index (χ3n) is 7.52. The number of rotatable bonds is 11. The Kier molecular flexibility index (Phi) is 10.1. The number of carboxylic acids is 1. The van der Waals surface area contributed by atoms with Crippen molar-refractivity contribution in [3.63, 3.8) is 0 Å². The summed E-state index contributed by atoms with van der Waals surface area (Å²) in [5.74, 6) is -0.406. The van der Waals surface area contributed by atoms with E-state index in [4.69, 9.17) is 14.6 Å². The molecule has 3 N–H and O–H groups in total. The predicted molar refractivity (Wildman–Crippen MR) is 156 cm³/mol. The molecule has 0 bridgehead atoms. The molecule has 2 aliphatic heterocycles. The van der Waals surface area contributed by atoms with E-state index in [1.807, 2.05) is 48.5 Å². The molecular formula is C31H37N5O6. The highest BCUT2D eigenvalue weighted by molar-refractivity contribution is 5.90. The minimum absolute atomic E-state index is 0.0189. The Morgan fingerprint density at radius 2 is 1.69 bits per heavy atom. The second-order valence-corrected chi connectivity index (χ2v) is 10.6. The molecule has 0 saturated carbocycles. The Morgan fingerprint density at radius 3 is 2.40 bits per heavy atom. The van der Waals surface area contributed by atoms with Crippen molar-refractivity contribution in [1.29, 1.82) is 0 Å². The molecule has 0 radical (unpaired) electrons. The second-order valence-electron chi connectivity index (χ2n) is 10.6. The molecule has 2 aliphatic rings. The normalized spacial score (nSPS) is 21.2. The van der Waals surface area contributed by atoms with Gasteiger partial charge in [0.1, 0.15) is 0 Å². The molecule has 222 valence electrons. The summed E-state index contributed by atoms with van der Waals surface area (Å²) in [6.45, 7) is 4.11. The molecule has 2 aromatic carbocycles. The number of ether oxygens (including phenoxy) is 2. The van der Waals surface area contributed by atoms with Crippen LogP contribution in [0.1, 0.15) is 54.8 Å². The number of amides is 1. The van der Waals surface area contributed by atoms with Crippen LogP contribution in [0, 0.1) is 0 Å². The van der Waals surface area contributed by atoms with Crippen molar-refractivity contribution in [2.24, 2.45) is 0 Å². The lowest BCUT2D eigenvalue weighted by atomic mass is 9.99. The fourth-order valence-corrected chi connectivity index (χ4v) is 5.29. The zero-order valence-electron chi connectivity index (χ0n) is 23.5. The number of nitrogens with zero attached hydrogens (tertiary/aromatic N) is 4. The fraction of sp³-hybridized carbons (Fsp3) is 0.419. The van der Waals surface area contributed by atoms with Crippen molar-refractivity contribution in [2.45, 2.75) is 50.8 Å². The van der Waals surface area contributed by atoms with Crippen molar-refractivity contribution in [1.82, 2.24) is 14.9 Å². The first-order valence-electron chi connectivity index (χ1n) is 14.3. The van der Waals surface area contributed by atoms with Gasteiger partial charge in [0.2, 0.25) is 11.9 Å². The van der Waals surface area contributed by atoms with Crippen molar-refractivity contribution in [2.75, 3.05) is 42.9 Å². The highest BCUT2D eigenvalue weighted by Gasteiger charge is 2.34. The summed E-state index contributed by atoms with van der Waals surface area (Å²) in [6.07, 6.45) is 3.61. The lowest BCUT2D eigenvalue weighted by Gasteiger charge is -2.40. The number of aromatic nitrogens is 2. The summed E-state index contributed by atoms with van der Waals surface area (Å²) in [6, 6.07) is 17.0. The van der Waals surface area contributed by atoms with Gasteiger partial charge in [-0.05, 0) is 35.7 Å². The average Bonchev–Trinajstić information content (AvgIpc) is 3.02. The number of hydrogen-bond donors (Lipinski definition) is 3. The number of carbonyl (C=O) groups is 2. The number of nitrogens with one attached hydrogen (secondary N) is 1. The van der Waals surface area contributed by atoms with Crippen LogP contribution in [0.25, 0.3) is 0 Å². The second kappa shape index (κ2) is 14.3. The maximum atomic E-state index is 12.4. The third-order valence-corrected chi connectivity index (χ3v) is 7.52. The van der Waals surface area contributed by atoms with Gasteiger partial charge in [0.05, 0.1) is 18.8 Å². The fourth-order valence-electron chi connectivity index (χ4n) is 5.29. The highest BCUT2D eigenvalue weighted by atomic mass is 16.7. The minimum atomic E-state index is -0.918. The number of carbonyl (C=O) groups excluding carboxylic acids is 1. The highest BCUT2D eigenvalue weighted by Crippen LogP contribution is 2.38. The SMILES string of the molecule is O=C(O)CCCC(=O)Nc1cccc(C2OC(CN3CCN(c4ncccn4)CC3)CC(c3ccc(CO)cc3)O2)c1. The molecule has 3 unspecified atom stereocenters. The zero-order valence-corrected chi connectivity index (χ0v) is 23.5. The number of anilines is 2. The van der Waals surface area contributed by atoms with E-state index in [1.165, 1.54) is 0 Å². The van der Waals surface area contributed by atoms with Gasteiger partial charge in [0, 0.05) is 75.6 Å². The monoisotopic (exact) mass is 575 g/mol.